The molecular formula is C9H17F2N3. The van der Waals surface area contributed by atoms with Crippen molar-refractivity contribution in [2.75, 3.05) is 6.54 Å². The van der Waals surface area contributed by atoms with Crippen molar-refractivity contribution in [2.24, 2.45) is 4.99 Å². The van der Waals surface area contributed by atoms with E-state index in [9.17, 15) is 8.78 Å². The SMILES string of the molecule is CCC(F)(F)CN=C1NC(C)C(C)N1. The van der Waals surface area contributed by atoms with Gasteiger partial charge in [-0.2, -0.15) is 0 Å². The average Bonchev–Trinajstić information content (AvgIpc) is 2.44. The molecule has 3 nitrogen and oxygen atoms in total. The van der Waals surface area contributed by atoms with Crippen LogP contribution in [0.3, 0.4) is 0 Å². The van der Waals surface area contributed by atoms with Crippen molar-refractivity contribution in [1.29, 1.82) is 0 Å². The summed E-state index contributed by atoms with van der Waals surface area (Å²) in [6.45, 7) is 4.98. The summed E-state index contributed by atoms with van der Waals surface area (Å²) in [4.78, 5) is 3.81. The number of guanidine groups is 1. The van der Waals surface area contributed by atoms with E-state index in [-0.39, 0.29) is 18.5 Å². The highest BCUT2D eigenvalue weighted by Gasteiger charge is 2.27. The summed E-state index contributed by atoms with van der Waals surface area (Å²) in [6, 6.07) is 0.480. The zero-order valence-corrected chi connectivity index (χ0v) is 8.77. The lowest BCUT2D eigenvalue weighted by molar-refractivity contribution is 0.00758. The van der Waals surface area contributed by atoms with Crippen LogP contribution < -0.4 is 10.6 Å². The molecule has 5 heteroatoms. The van der Waals surface area contributed by atoms with Crippen molar-refractivity contribution in [3.05, 3.63) is 0 Å². The van der Waals surface area contributed by atoms with Gasteiger partial charge in [0.25, 0.3) is 5.92 Å². The van der Waals surface area contributed by atoms with Crippen LogP contribution in [0.4, 0.5) is 8.78 Å². The third-order valence-corrected chi connectivity index (χ3v) is 2.46. The van der Waals surface area contributed by atoms with Gasteiger partial charge in [0.1, 0.15) is 6.54 Å². The molecule has 0 aromatic heterocycles. The lowest BCUT2D eigenvalue weighted by Crippen LogP contribution is -2.29. The minimum atomic E-state index is -2.69. The molecule has 82 valence electrons. The first-order valence-electron chi connectivity index (χ1n) is 4.90. The number of aliphatic imine (C=N–C) groups is 1. The van der Waals surface area contributed by atoms with E-state index in [1.165, 1.54) is 6.92 Å². The van der Waals surface area contributed by atoms with Gasteiger partial charge in [0.2, 0.25) is 0 Å². The molecule has 0 saturated carbocycles. The molecular weight excluding hydrogens is 188 g/mol. The van der Waals surface area contributed by atoms with E-state index in [0.717, 1.165) is 0 Å². The van der Waals surface area contributed by atoms with Crippen molar-refractivity contribution >= 4 is 5.96 Å². The van der Waals surface area contributed by atoms with Crippen LogP contribution in [0.15, 0.2) is 4.99 Å². The monoisotopic (exact) mass is 205 g/mol. The number of alkyl halides is 2. The molecule has 0 radical (unpaired) electrons. The molecule has 14 heavy (non-hydrogen) atoms. The summed E-state index contributed by atoms with van der Waals surface area (Å²) >= 11 is 0. The summed E-state index contributed by atoms with van der Waals surface area (Å²) in [5.74, 6) is -2.20. The molecule has 0 aromatic carbocycles. The lowest BCUT2D eigenvalue weighted by Gasteiger charge is -2.10. The van der Waals surface area contributed by atoms with Gasteiger partial charge in [0, 0.05) is 18.5 Å². The van der Waals surface area contributed by atoms with Crippen LogP contribution in [0.1, 0.15) is 27.2 Å². The Balaban J connectivity index is 2.47. The predicted molar refractivity (Wildman–Crippen MR) is 52.7 cm³/mol. The van der Waals surface area contributed by atoms with Gasteiger partial charge >= 0.3 is 0 Å². The molecule has 1 heterocycles. The third kappa shape index (κ3) is 2.82. The third-order valence-electron chi connectivity index (χ3n) is 2.46. The van der Waals surface area contributed by atoms with Gasteiger partial charge in [-0.1, -0.05) is 6.92 Å². The van der Waals surface area contributed by atoms with E-state index < -0.39 is 12.5 Å². The highest BCUT2D eigenvalue weighted by atomic mass is 19.3. The minimum Gasteiger partial charge on any atom is -0.352 e. The fourth-order valence-corrected chi connectivity index (χ4v) is 1.12. The summed E-state index contributed by atoms with van der Waals surface area (Å²) < 4.78 is 25.7. The topological polar surface area (TPSA) is 36.4 Å². The van der Waals surface area contributed by atoms with Gasteiger partial charge in [-0.25, -0.2) is 13.8 Å². The molecule has 0 aliphatic carbocycles. The molecule has 1 saturated heterocycles. The van der Waals surface area contributed by atoms with Gasteiger partial charge in [0.15, 0.2) is 5.96 Å². The van der Waals surface area contributed by atoms with Gasteiger partial charge < -0.3 is 10.6 Å². The van der Waals surface area contributed by atoms with Gasteiger partial charge in [-0.05, 0) is 13.8 Å². The fourth-order valence-electron chi connectivity index (χ4n) is 1.12. The van der Waals surface area contributed by atoms with E-state index in [1.807, 2.05) is 13.8 Å². The van der Waals surface area contributed by atoms with Crippen molar-refractivity contribution in [2.45, 2.75) is 45.2 Å². The van der Waals surface area contributed by atoms with Crippen molar-refractivity contribution in [1.82, 2.24) is 10.6 Å². The Morgan fingerprint density at radius 1 is 1.29 bits per heavy atom. The van der Waals surface area contributed by atoms with Gasteiger partial charge in [-0.15, -0.1) is 0 Å². The van der Waals surface area contributed by atoms with Crippen LogP contribution in [-0.2, 0) is 0 Å². The molecule has 0 bridgehead atoms. The maximum atomic E-state index is 12.8. The average molecular weight is 205 g/mol. The molecule has 0 aromatic rings. The quantitative estimate of drug-likeness (QED) is 0.729. The largest absolute Gasteiger partial charge is 0.352 e. The zero-order chi connectivity index (χ0) is 10.8. The second kappa shape index (κ2) is 4.11. The van der Waals surface area contributed by atoms with Crippen LogP contribution in [-0.4, -0.2) is 30.5 Å². The second-order valence-corrected chi connectivity index (χ2v) is 3.74. The van der Waals surface area contributed by atoms with Crippen LogP contribution in [0.25, 0.3) is 0 Å². The summed E-state index contributed by atoms with van der Waals surface area (Å²) in [5, 5.41) is 6.01. The number of rotatable bonds is 3. The second-order valence-electron chi connectivity index (χ2n) is 3.74. The number of nitrogens with one attached hydrogen (secondary N) is 2. The van der Waals surface area contributed by atoms with Crippen LogP contribution in [0, 0.1) is 0 Å². The maximum Gasteiger partial charge on any atom is 0.267 e. The molecule has 2 N–H and O–H groups in total. The molecule has 0 spiro atoms. The van der Waals surface area contributed by atoms with E-state index >= 15 is 0 Å². The Bertz CT molecular complexity index is 216. The van der Waals surface area contributed by atoms with Crippen LogP contribution in [0.5, 0.6) is 0 Å². The predicted octanol–water partition coefficient (Wildman–Crippen LogP) is 1.36. The summed E-state index contributed by atoms with van der Waals surface area (Å²) in [5.41, 5.74) is 0. The van der Waals surface area contributed by atoms with Crippen molar-refractivity contribution in [3.63, 3.8) is 0 Å². The van der Waals surface area contributed by atoms with Crippen LogP contribution >= 0.6 is 0 Å². The highest BCUT2D eigenvalue weighted by Crippen LogP contribution is 2.17. The molecule has 1 aliphatic heterocycles. The molecule has 0 amide bonds. The first-order valence-corrected chi connectivity index (χ1v) is 4.90. The van der Waals surface area contributed by atoms with Crippen molar-refractivity contribution in [3.8, 4) is 0 Å². The highest BCUT2D eigenvalue weighted by molar-refractivity contribution is 5.82. The molecule has 1 aliphatic rings. The van der Waals surface area contributed by atoms with E-state index in [2.05, 4.69) is 15.6 Å². The summed E-state index contributed by atoms with van der Waals surface area (Å²) in [7, 11) is 0. The number of nitrogens with zero attached hydrogens (tertiary/aromatic N) is 1. The van der Waals surface area contributed by atoms with Crippen LogP contribution in [0.2, 0.25) is 0 Å². The Morgan fingerprint density at radius 3 is 2.21 bits per heavy atom. The zero-order valence-electron chi connectivity index (χ0n) is 8.77. The smallest absolute Gasteiger partial charge is 0.267 e. The first-order chi connectivity index (χ1) is 6.44. The Hall–Kier alpha value is -0.870. The standard InChI is InChI=1S/C9H17F2N3/c1-4-9(10,11)5-12-8-13-6(2)7(3)14-8/h6-7H,4-5H2,1-3H3,(H2,12,13,14). The Morgan fingerprint density at radius 2 is 1.79 bits per heavy atom. The normalized spacial score (nSPS) is 27.1. The maximum absolute atomic E-state index is 12.8. The van der Waals surface area contributed by atoms with E-state index in [4.69, 9.17) is 0 Å². The molecule has 1 fully saturated rings. The van der Waals surface area contributed by atoms with Crippen molar-refractivity contribution < 1.29 is 8.78 Å². The number of halogens is 2. The summed E-state index contributed by atoms with van der Waals surface area (Å²) in [6.07, 6.45) is -0.172. The van der Waals surface area contributed by atoms with Gasteiger partial charge in [0.05, 0.1) is 0 Å². The Kier molecular flexibility index (Phi) is 3.29. The Labute approximate surface area is 83.0 Å². The minimum absolute atomic E-state index is 0.172. The van der Waals surface area contributed by atoms with E-state index in [0.29, 0.717) is 5.96 Å². The fraction of sp³-hybridized carbons (Fsp3) is 0.889. The first kappa shape index (κ1) is 11.2. The molecule has 1 rings (SSSR count). The van der Waals surface area contributed by atoms with Gasteiger partial charge in [-0.3, -0.25) is 0 Å². The number of hydrogen-bond acceptors (Lipinski definition) is 1. The lowest BCUT2D eigenvalue weighted by atomic mass is 10.2. The number of hydrogen-bond donors (Lipinski definition) is 2. The molecule has 2 atom stereocenters. The van der Waals surface area contributed by atoms with E-state index in [1.54, 1.807) is 0 Å². The molecule has 2 unspecified atom stereocenters.